The number of nitrogens with one attached hydrogen (secondary N) is 1. The van der Waals surface area contributed by atoms with Gasteiger partial charge < -0.3 is 11.1 Å². The van der Waals surface area contributed by atoms with Gasteiger partial charge in [-0.25, -0.2) is 0 Å². The predicted molar refractivity (Wildman–Crippen MR) is 77.9 cm³/mol. The van der Waals surface area contributed by atoms with E-state index in [0.29, 0.717) is 16.9 Å². The first kappa shape index (κ1) is 14.8. The van der Waals surface area contributed by atoms with Crippen LogP contribution in [0, 0.1) is 6.92 Å². The minimum atomic E-state index is -0.0960. The molecule has 1 amide bonds. The summed E-state index contributed by atoms with van der Waals surface area (Å²) < 4.78 is 0. The Labute approximate surface area is 113 Å². The molecule has 0 aliphatic rings. The molecule has 0 aromatic carbocycles. The molecule has 18 heavy (non-hydrogen) atoms. The minimum Gasteiger partial charge on any atom is -0.397 e. The highest BCUT2D eigenvalue weighted by Crippen LogP contribution is 2.10. The van der Waals surface area contributed by atoms with Crippen LogP contribution in [-0.4, -0.2) is 28.4 Å². The summed E-state index contributed by atoms with van der Waals surface area (Å²) >= 11 is 1.88. The average molecular weight is 267 g/mol. The lowest BCUT2D eigenvalue weighted by atomic mass is 10.1. The Kier molecular flexibility index (Phi) is 5.98. The van der Waals surface area contributed by atoms with Crippen molar-refractivity contribution in [3.05, 3.63) is 23.5 Å². The summed E-state index contributed by atoms with van der Waals surface area (Å²) in [5, 5.41) is 2.98. The molecule has 1 atom stereocenters. The molecule has 0 spiro atoms. The van der Waals surface area contributed by atoms with Gasteiger partial charge >= 0.3 is 0 Å². The lowest BCUT2D eigenvalue weighted by Crippen LogP contribution is -2.33. The maximum atomic E-state index is 12.0. The summed E-state index contributed by atoms with van der Waals surface area (Å²) in [6.07, 6.45) is 2.53. The van der Waals surface area contributed by atoms with Crippen LogP contribution in [0.3, 0.4) is 0 Å². The molecule has 3 N–H and O–H groups in total. The summed E-state index contributed by atoms with van der Waals surface area (Å²) in [5.74, 6) is 2.08. The van der Waals surface area contributed by atoms with Gasteiger partial charge in [-0.2, -0.15) is 11.8 Å². The number of nitrogens with two attached hydrogens (primary N) is 1. The number of aryl methyl sites for hydroxylation is 1. The number of aromatic nitrogens is 1. The van der Waals surface area contributed by atoms with Gasteiger partial charge in [0.25, 0.3) is 5.91 Å². The van der Waals surface area contributed by atoms with Crippen LogP contribution in [0.5, 0.6) is 0 Å². The number of rotatable bonds is 6. The van der Waals surface area contributed by atoms with E-state index in [1.165, 1.54) is 0 Å². The van der Waals surface area contributed by atoms with Crippen molar-refractivity contribution in [1.82, 2.24) is 10.3 Å². The standard InChI is InChI=1S/C13H21N3OS/c1-4-18-6-5-9(2)16-13(17)12-7-11(14)8-15-10(12)3/h7-9H,4-6,14H2,1-3H3,(H,16,17). The fraction of sp³-hybridized carbons (Fsp3) is 0.538. The van der Waals surface area contributed by atoms with Gasteiger partial charge in [0.15, 0.2) is 0 Å². The van der Waals surface area contributed by atoms with E-state index in [0.717, 1.165) is 17.9 Å². The Morgan fingerprint density at radius 3 is 3.00 bits per heavy atom. The van der Waals surface area contributed by atoms with Crippen LogP contribution in [0.1, 0.15) is 36.3 Å². The second kappa shape index (κ2) is 7.26. The Hall–Kier alpha value is -1.23. The highest BCUT2D eigenvalue weighted by Gasteiger charge is 2.13. The van der Waals surface area contributed by atoms with Gasteiger partial charge in [0.05, 0.1) is 23.1 Å². The molecule has 100 valence electrons. The van der Waals surface area contributed by atoms with Gasteiger partial charge in [-0.1, -0.05) is 6.92 Å². The zero-order valence-corrected chi connectivity index (χ0v) is 12.0. The van der Waals surface area contributed by atoms with E-state index in [2.05, 4.69) is 17.2 Å². The molecule has 1 heterocycles. The Bertz CT molecular complexity index is 409. The number of hydrogen-bond donors (Lipinski definition) is 2. The monoisotopic (exact) mass is 267 g/mol. The largest absolute Gasteiger partial charge is 0.397 e. The predicted octanol–water partition coefficient (Wildman–Crippen LogP) is 2.23. The molecule has 0 saturated carbocycles. The highest BCUT2D eigenvalue weighted by molar-refractivity contribution is 7.99. The van der Waals surface area contributed by atoms with E-state index in [-0.39, 0.29) is 11.9 Å². The molecule has 1 rings (SSSR count). The Balaban J connectivity index is 2.56. The maximum absolute atomic E-state index is 12.0. The third-order valence-electron chi connectivity index (χ3n) is 2.63. The number of carbonyl (C=O) groups excluding carboxylic acids is 1. The molecule has 0 saturated heterocycles. The zero-order valence-electron chi connectivity index (χ0n) is 11.2. The van der Waals surface area contributed by atoms with Crippen LogP contribution in [0.4, 0.5) is 5.69 Å². The second-order valence-corrected chi connectivity index (χ2v) is 5.66. The van der Waals surface area contributed by atoms with Crippen molar-refractivity contribution in [3.63, 3.8) is 0 Å². The smallest absolute Gasteiger partial charge is 0.253 e. The number of amides is 1. The summed E-state index contributed by atoms with van der Waals surface area (Å²) in [6.45, 7) is 5.96. The number of nitrogen functional groups attached to an aromatic ring is 1. The fourth-order valence-corrected chi connectivity index (χ4v) is 2.37. The summed E-state index contributed by atoms with van der Waals surface area (Å²) in [4.78, 5) is 16.1. The number of carbonyl (C=O) groups is 1. The van der Waals surface area contributed by atoms with Gasteiger partial charge in [0.1, 0.15) is 0 Å². The molecular formula is C13H21N3OS. The van der Waals surface area contributed by atoms with E-state index >= 15 is 0 Å². The van der Waals surface area contributed by atoms with Gasteiger partial charge in [0.2, 0.25) is 0 Å². The first-order chi connectivity index (χ1) is 8.54. The molecule has 1 aromatic heterocycles. The summed E-state index contributed by atoms with van der Waals surface area (Å²) in [7, 11) is 0. The topological polar surface area (TPSA) is 68.0 Å². The van der Waals surface area contributed by atoms with Gasteiger partial charge in [-0.05, 0) is 37.8 Å². The Morgan fingerprint density at radius 1 is 1.61 bits per heavy atom. The molecular weight excluding hydrogens is 246 g/mol. The number of thioether (sulfide) groups is 1. The van der Waals surface area contributed by atoms with Crippen LogP contribution >= 0.6 is 11.8 Å². The lowest BCUT2D eigenvalue weighted by molar-refractivity contribution is 0.0938. The van der Waals surface area contributed by atoms with Crippen molar-refractivity contribution < 1.29 is 4.79 Å². The van der Waals surface area contributed by atoms with Crippen molar-refractivity contribution in [1.29, 1.82) is 0 Å². The minimum absolute atomic E-state index is 0.0960. The molecule has 0 fully saturated rings. The third kappa shape index (κ3) is 4.56. The summed E-state index contributed by atoms with van der Waals surface area (Å²) in [6, 6.07) is 1.84. The average Bonchev–Trinajstić information content (AvgIpc) is 2.32. The number of nitrogens with zero attached hydrogens (tertiary/aromatic N) is 1. The Morgan fingerprint density at radius 2 is 2.33 bits per heavy atom. The van der Waals surface area contributed by atoms with Crippen LogP contribution < -0.4 is 11.1 Å². The van der Waals surface area contributed by atoms with Crippen LogP contribution in [0.15, 0.2) is 12.3 Å². The number of hydrogen-bond acceptors (Lipinski definition) is 4. The molecule has 1 aromatic rings. The molecule has 1 unspecified atom stereocenters. The van der Waals surface area contributed by atoms with E-state index in [1.807, 2.05) is 25.6 Å². The molecule has 0 aliphatic carbocycles. The van der Waals surface area contributed by atoms with Crippen LogP contribution in [-0.2, 0) is 0 Å². The van der Waals surface area contributed by atoms with Crippen molar-refractivity contribution in [2.24, 2.45) is 0 Å². The van der Waals surface area contributed by atoms with E-state index in [4.69, 9.17) is 5.73 Å². The van der Waals surface area contributed by atoms with Crippen LogP contribution in [0.2, 0.25) is 0 Å². The maximum Gasteiger partial charge on any atom is 0.253 e. The van der Waals surface area contributed by atoms with Gasteiger partial charge in [-0.15, -0.1) is 0 Å². The van der Waals surface area contributed by atoms with E-state index in [1.54, 1.807) is 12.3 Å². The van der Waals surface area contributed by atoms with Crippen molar-refractivity contribution in [3.8, 4) is 0 Å². The molecule has 0 radical (unpaired) electrons. The number of anilines is 1. The first-order valence-electron chi connectivity index (χ1n) is 6.15. The highest BCUT2D eigenvalue weighted by atomic mass is 32.2. The summed E-state index contributed by atoms with van der Waals surface area (Å²) in [5.41, 5.74) is 7.43. The molecule has 4 nitrogen and oxygen atoms in total. The van der Waals surface area contributed by atoms with E-state index < -0.39 is 0 Å². The second-order valence-electron chi connectivity index (χ2n) is 4.26. The van der Waals surface area contributed by atoms with Gasteiger partial charge in [-0.3, -0.25) is 9.78 Å². The molecule has 5 heteroatoms. The molecule has 0 bridgehead atoms. The fourth-order valence-electron chi connectivity index (χ4n) is 1.56. The number of pyridine rings is 1. The lowest BCUT2D eigenvalue weighted by Gasteiger charge is -2.14. The van der Waals surface area contributed by atoms with Crippen molar-refractivity contribution in [2.75, 3.05) is 17.2 Å². The van der Waals surface area contributed by atoms with Gasteiger partial charge in [0, 0.05) is 6.04 Å². The van der Waals surface area contributed by atoms with E-state index in [9.17, 15) is 4.79 Å². The SMILES string of the molecule is CCSCCC(C)NC(=O)c1cc(N)cnc1C. The zero-order chi connectivity index (χ0) is 13.5. The van der Waals surface area contributed by atoms with Crippen molar-refractivity contribution >= 4 is 23.4 Å². The van der Waals surface area contributed by atoms with Crippen LogP contribution in [0.25, 0.3) is 0 Å². The normalized spacial score (nSPS) is 12.2. The quantitative estimate of drug-likeness (QED) is 0.776. The molecule has 0 aliphatic heterocycles. The first-order valence-corrected chi connectivity index (χ1v) is 7.30. The van der Waals surface area contributed by atoms with Crippen molar-refractivity contribution in [2.45, 2.75) is 33.2 Å². The third-order valence-corrected chi connectivity index (χ3v) is 3.56.